The van der Waals surface area contributed by atoms with Crippen LogP contribution < -0.4 is 10.0 Å². The maximum atomic E-state index is 12.5. The molecule has 2 rings (SSSR count). The van der Waals surface area contributed by atoms with Crippen LogP contribution in [0.5, 0.6) is 0 Å². The van der Waals surface area contributed by atoms with Crippen molar-refractivity contribution in [2.75, 3.05) is 33.4 Å². The second-order valence-electron chi connectivity index (χ2n) is 6.01. The van der Waals surface area contributed by atoms with Gasteiger partial charge in [0.15, 0.2) is 0 Å². The highest BCUT2D eigenvalue weighted by atomic mass is 35.5. The molecular formula is C16H27ClN2O3S. The SMILES string of the molecule is CCc1ccc(S(=O)(=O)NCC2(COC)CCNCC2)cc1.Cl. The third-order valence-electron chi connectivity index (χ3n) is 4.39. The molecule has 1 aromatic rings. The summed E-state index contributed by atoms with van der Waals surface area (Å²) in [6.45, 7) is 4.84. The lowest BCUT2D eigenvalue weighted by Crippen LogP contribution is -2.47. The van der Waals surface area contributed by atoms with Crippen molar-refractivity contribution in [3.63, 3.8) is 0 Å². The van der Waals surface area contributed by atoms with Crippen molar-refractivity contribution in [3.05, 3.63) is 29.8 Å². The van der Waals surface area contributed by atoms with Gasteiger partial charge in [-0.25, -0.2) is 13.1 Å². The molecule has 0 bridgehead atoms. The van der Waals surface area contributed by atoms with E-state index < -0.39 is 10.0 Å². The Morgan fingerprint density at radius 2 is 1.83 bits per heavy atom. The average molecular weight is 363 g/mol. The Morgan fingerprint density at radius 3 is 2.35 bits per heavy atom. The predicted octanol–water partition coefficient (Wildman–Crippen LogP) is 1.97. The molecule has 1 aliphatic rings. The number of halogens is 1. The summed E-state index contributed by atoms with van der Waals surface area (Å²) in [5.74, 6) is 0. The van der Waals surface area contributed by atoms with Crippen molar-refractivity contribution in [1.82, 2.24) is 10.0 Å². The van der Waals surface area contributed by atoms with E-state index in [1.807, 2.05) is 19.1 Å². The van der Waals surface area contributed by atoms with Crippen molar-refractivity contribution in [2.24, 2.45) is 5.41 Å². The Balaban J connectivity index is 0.00000264. The molecule has 0 aliphatic carbocycles. The molecule has 2 N–H and O–H groups in total. The Hall–Kier alpha value is -0.660. The number of sulfonamides is 1. The molecule has 0 unspecified atom stereocenters. The van der Waals surface area contributed by atoms with Crippen molar-refractivity contribution >= 4 is 22.4 Å². The first-order chi connectivity index (χ1) is 10.5. The molecule has 5 nitrogen and oxygen atoms in total. The molecule has 1 saturated heterocycles. The first kappa shape index (κ1) is 20.4. The second-order valence-corrected chi connectivity index (χ2v) is 7.77. The van der Waals surface area contributed by atoms with Crippen LogP contribution in [0.3, 0.4) is 0 Å². The van der Waals surface area contributed by atoms with E-state index in [2.05, 4.69) is 10.0 Å². The minimum absolute atomic E-state index is 0. The summed E-state index contributed by atoms with van der Waals surface area (Å²) in [7, 11) is -1.80. The largest absolute Gasteiger partial charge is 0.384 e. The quantitative estimate of drug-likeness (QED) is 0.778. The highest BCUT2D eigenvalue weighted by Gasteiger charge is 2.33. The molecule has 0 aromatic heterocycles. The zero-order valence-corrected chi connectivity index (χ0v) is 15.4. The van der Waals surface area contributed by atoms with E-state index in [-0.39, 0.29) is 17.8 Å². The normalized spacial score (nSPS) is 17.5. The highest BCUT2D eigenvalue weighted by Crippen LogP contribution is 2.28. The number of methoxy groups -OCH3 is 1. The van der Waals surface area contributed by atoms with Gasteiger partial charge in [-0.3, -0.25) is 0 Å². The van der Waals surface area contributed by atoms with Gasteiger partial charge in [-0.1, -0.05) is 19.1 Å². The van der Waals surface area contributed by atoms with Crippen LogP contribution in [-0.2, 0) is 21.2 Å². The summed E-state index contributed by atoms with van der Waals surface area (Å²) in [6.07, 6.45) is 2.73. The Kier molecular flexibility index (Phi) is 7.97. The van der Waals surface area contributed by atoms with Gasteiger partial charge in [0.2, 0.25) is 10.0 Å². The number of nitrogens with one attached hydrogen (secondary N) is 2. The monoisotopic (exact) mass is 362 g/mol. The third-order valence-corrected chi connectivity index (χ3v) is 5.81. The van der Waals surface area contributed by atoms with Crippen molar-refractivity contribution in [1.29, 1.82) is 0 Å². The Labute approximate surface area is 145 Å². The van der Waals surface area contributed by atoms with Crippen molar-refractivity contribution in [2.45, 2.75) is 31.1 Å². The zero-order valence-electron chi connectivity index (χ0n) is 13.8. The third kappa shape index (κ3) is 5.43. The molecule has 7 heteroatoms. The number of piperidine rings is 1. The van der Waals surface area contributed by atoms with Crippen LogP contribution >= 0.6 is 12.4 Å². The summed E-state index contributed by atoms with van der Waals surface area (Å²) in [4.78, 5) is 0.325. The van der Waals surface area contributed by atoms with Gasteiger partial charge in [0.25, 0.3) is 0 Å². The number of aryl methyl sites for hydroxylation is 1. The number of ether oxygens (including phenoxy) is 1. The maximum Gasteiger partial charge on any atom is 0.240 e. The van der Waals surface area contributed by atoms with Crippen LogP contribution in [0.15, 0.2) is 29.2 Å². The standard InChI is InChI=1S/C16H26N2O3S.ClH/c1-3-14-4-6-15(7-5-14)22(19,20)18-12-16(13-21-2)8-10-17-11-9-16;/h4-7,17-18H,3,8-13H2,1-2H3;1H. The number of hydrogen-bond donors (Lipinski definition) is 2. The lowest BCUT2D eigenvalue weighted by Gasteiger charge is -2.37. The minimum Gasteiger partial charge on any atom is -0.384 e. The molecule has 1 aromatic carbocycles. The summed E-state index contributed by atoms with van der Waals surface area (Å²) < 4.78 is 33.0. The van der Waals surface area contributed by atoms with Crippen LogP contribution in [0.2, 0.25) is 0 Å². The second kappa shape index (κ2) is 8.99. The predicted molar refractivity (Wildman–Crippen MR) is 94.7 cm³/mol. The lowest BCUT2D eigenvalue weighted by molar-refractivity contribution is 0.0577. The van der Waals surface area contributed by atoms with E-state index >= 15 is 0 Å². The topological polar surface area (TPSA) is 67.4 Å². The smallest absolute Gasteiger partial charge is 0.240 e. The fourth-order valence-electron chi connectivity index (χ4n) is 2.87. The molecule has 1 fully saturated rings. The van der Waals surface area contributed by atoms with E-state index in [0.717, 1.165) is 37.9 Å². The van der Waals surface area contributed by atoms with Crippen LogP contribution in [0, 0.1) is 5.41 Å². The van der Waals surface area contributed by atoms with E-state index in [9.17, 15) is 8.42 Å². The maximum absolute atomic E-state index is 12.5. The molecule has 1 aliphatic heterocycles. The van der Waals surface area contributed by atoms with Gasteiger partial charge in [-0.15, -0.1) is 12.4 Å². The summed E-state index contributed by atoms with van der Waals surface area (Å²) >= 11 is 0. The van der Waals surface area contributed by atoms with Gasteiger partial charge >= 0.3 is 0 Å². The Bertz CT molecular complexity index is 564. The average Bonchev–Trinajstić information content (AvgIpc) is 2.54. The first-order valence-electron chi connectivity index (χ1n) is 7.80. The first-order valence-corrected chi connectivity index (χ1v) is 9.28. The van der Waals surface area contributed by atoms with Crippen molar-refractivity contribution < 1.29 is 13.2 Å². The molecule has 0 atom stereocenters. The molecule has 0 spiro atoms. The van der Waals surface area contributed by atoms with Crippen LogP contribution in [0.4, 0.5) is 0 Å². The van der Waals surface area contributed by atoms with Gasteiger partial charge in [-0.2, -0.15) is 0 Å². The van der Waals surface area contributed by atoms with Gasteiger partial charge in [0.1, 0.15) is 0 Å². The molecule has 132 valence electrons. The van der Waals surface area contributed by atoms with Gasteiger partial charge in [0, 0.05) is 19.1 Å². The fraction of sp³-hybridized carbons (Fsp3) is 0.625. The number of hydrogen-bond acceptors (Lipinski definition) is 4. The van der Waals surface area contributed by atoms with Gasteiger partial charge in [-0.05, 0) is 50.0 Å². The number of rotatable bonds is 7. The molecule has 0 radical (unpaired) electrons. The van der Waals surface area contributed by atoms with Gasteiger partial charge < -0.3 is 10.1 Å². The number of benzene rings is 1. The zero-order chi connectivity index (χ0) is 16.1. The summed E-state index contributed by atoms with van der Waals surface area (Å²) in [5.41, 5.74) is 1.02. The molecule has 0 amide bonds. The van der Waals surface area contributed by atoms with E-state index in [0.29, 0.717) is 18.0 Å². The minimum atomic E-state index is -3.47. The molecule has 0 saturated carbocycles. The van der Waals surface area contributed by atoms with E-state index in [1.54, 1.807) is 19.2 Å². The molecule has 23 heavy (non-hydrogen) atoms. The van der Waals surface area contributed by atoms with Gasteiger partial charge in [0.05, 0.1) is 11.5 Å². The van der Waals surface area contributed by atoms with Crippen LogP contribution in [0.1, 0.15) is 25.3 Å². The lowest BCUT2D eigenvalue weighted by atomic mass is 9.80. The summed E-state index contributed by atoms with van der Waals surface area (Å²) in [5, 5.41) is 3.31. The summed E-state index contributed by atoms with van der Waals surface area (Å²) in [6, 6.07) is 7.08. The fourth-order valence-corrected chi connectivity index (χ4v) is 4.03. The Morgan fingerprint density at radius 1 is 1.22 bits per heavy atom. The van der Waals surface area contributed by atoms with E-state index in [1.165, 1.54) is 0 Å². The highest BCUT2D eigenvalue weighted by molar-refractivity contribution is 7.89. The van der Waals surface area contributed by atoms with Crippen LogP contribution in [0.25, 0.3) is 0 Å². The molecular weight excluding hydrogens is 336 g/mol. The molecule has 1 heterocycles. The van der Waals surface area contributed by atoms with E-state index in [4.69, 9.17) is 4.74 Å². The van der Waals surface area contributed by atoms with Crippen LogP contribution in [-0.4, -0.2) is 41.8 Å². The van der Waals surface area contributed by atoms with Crippen molar-refractivity contribution in [3.8, 4) is 0 Å².